The average Bonchev–Trinajstić information content (AvgIpc) is 2.53. The Morgan fingerprint density at radius 2 is 2.00 bits per heavy atom. The summed E-state index contributed by atoms with van der Waals surface area (Å²) in [5.41, 5.74) is 0.817. The zero-order valence-electron chi connectivity index (χ0n) is 12.2. The van der Waals surface area contributed by atoms with E-state index in [9.17, 15) is 14.4 Å². The van der Waals surface area contributed by atoms with Crippen molar-refractivity contribution in [3.05, 3.63) is 30.3 Å². The number of hydrazone groups is 1. The van der Waals surface area contributed by atoms with Gasteiger partial charge in [-0.3, -0.25) is 14.4 Å². The molecule has 116 valence electrons. The summed E-state index contributed by atoms with van der Waals surface area (Å²) in [5.74, 6) is -2.28. The zero-order chi connectivity index (χ0) is 16.1. The number of para-hydroxylation sites is 1. The third-order valence-corrected chi connectivity index (χ3v) is 3.29. The van der Waals surface area contributed by atoms with Crippen molar-refractivity contribution in [2.75, 3.05) is 11.6 Å². The van der Waals surface area contributed by atoms with E-state index in [1.807, 2.05) is 6.07 Å². The van der Waals surface area contributed by atoms with Crippen molar-refractivity contribution in [3.63, 3.8) is 0 Å². The highest BCUT2D eigenvalue weighted by molar-refractivity contribution is 6.40. The molecular formula is C15H17N3O4. The van der Waals surface area contributed by atoms with E-state index in [1.165, 1.54) is 11.9 Å². The molecule has 0 saturated heterocycles. The molecule has 1 aliphatic rings. The van der Waals surface area contributed by atoms with Crippen molar-refractivity contribution in [1.29, 1.82) is 0 Å². The summed E-state index contributed by atoms with van der Waals surface area (Å²) in [7, 11) is 0. The molecule has 0 aromatic heterocycles. The first kappa shape index (κ1) is 15.7. The molecule has 0 fully saturated rings. The van der Waals surface area contributed by atoms with Crippen molar-refractivity contribution in [2.45, 2.75) is 19.8 Å². The van der Waals surface area contributed by atoms with Crippen molar-refractivity contribution in [2.24, 2.45) is 11.0 Å². The van der Waals surface area contributed by atoms with E-state index in [2.05, 4.69) is 10.4 Å². The maximum Gasteiger partial charge on any atom is 0.308 e. The first-order chi connectivity index (χ1) is 10.5. The summed E-state index contributed by atoms with van der Waals surface area (Å²) in [6, 6.07) is 8.84. The van der Waals surface area contributed by atoms with Gasteiger partial charge in [0.05, 0.1) is 11.6 Å². The van der Waals surface area contributed by atoms with Crippen LogP contribution in [0.15, 0.2) is 35.4 Å². The lowest BCUT2D eigenvalue weighted by Gasteiger charge is -2.23. The van der Waals surface area contributed by atoms with Crippen LogP contribution < -0.4 is 10.3 Å². The van der Waals surface area contributed by atoms with Gasteiger partial charge >= 0.3 is 5.97 Å². The molecule has 1 aliphatic heterocycles. The van der Waals surface area contributed by atoms with Gasteiger partial charge in [0.15, 0.2) is 0 Å². The molecule has 0 saturated carbocycles. The highest BCUT2D eigenvalue weighted by Crippen LogP contribution is 2.19. The number of carboxylic acid groups (broad SMARTS) is 1. The lowest BCUT2D eigenvalue weighted by Crippen LogP contribution is -2.41. The minimum absolute atomic E-state index is 0.0203. The first-order valence-electron chi connectivity index (χ1n) is 6.95. The highest BCUT2D eigenvalue weighted by atomic mass is 16.4. The first-order valence-corrected chi connectivity index (χ1v) is 6.95. The number of anilines is 1. The fraction of sp³-hybridized carbons (Fsp3) is 0.333. The minimum atomic E-state index is -0.980. The summed E-state index contributed by atoms with van der Waals surface area (Å²) in [4.78, 5) is 34.7. The molecule has 2 amide bonds. The van der Waals surface area contributed by atoms with Crippen molar-refractivity contribution in [1.82, 2.24) is 5.32 Å². The quantitative estimate of drug-likeness (QED) is 0.847. The van der Waals surface area contributed by atoms with Crippen molar-refractivity contribution < 1.29 is 19.5 Å². The van der Waals surface area contributed by atoms with Gasteiger partial charge in [0.2, 0.25) is 5.91 Å². The lowest BCUT2D eigenvalue weighted by molar-refractivity contribution is -0.141. The van der Waals surface area contributed by atoms with Gasteiger partial charge in [-0.25, -0.2) is 5.01 Å². The second-order valence-electron chi connectivity index (χ2n) is 5.04. The van der Waals surface area contributed by atoms with E-state index in [0.717, 1.165) is 0 Å². The topological polar surface area (TPSA) is 99.1 Å². The number of amides is 2. The van der Waals surface area contributed by atoms with E-state index in [4.69, 9.17) is 5.11 Å². The van der Waals surface area contributed by atoms with Gasteiger partial charge in [-0.05, 0) is 12.1 Å². The maximum absolute atomic E-state index is 12.0. The van der Waals surface area contributed by atoms with Gasteiger partial charge in [0, 0.05) is 19.4 Å². The number of hydrogen-bond donors (Lipinski definition) is 2. The van der Waals surface area contributed by atoms with Gasteiger partial charge in [-0.2, -0.15) is 5.10 Å². The Balaban J connectivity index is 2.09. The van der Waals surface area contributed by atoms with Crippen LogP contribution in [0, 0.1) is 5.92 Å². The van der Waals surface area contributed by atoms with Crippen molar-refractivity contribution >= 4 is 29.2 Å². The maximum atomic E-state index is 12.0. The summed E-state index contributed by atoms with van der Waals surface area (Å²) < 4.78 is 0. The Hall–Kier alpha value is -2.70. The number of benzene rings is 1. The zero-order valence-corrected chi connectivity index (χ0v) is 12.2. The number of carbonyl (C=O) groups excluding carboxylic acids is 2. The number of rotatable bonds is 5. The molecule has 1 heterocycles. The van der Waals surface area contributed by atoms with E-state index in [0.29, 0.717) is 5.69 Å². The van der Waals surface area contributed by atoms with E-state index < -0.39 is 17.8 Å². The lowest BCUT2D eigenvalue weighted by atomic mass is 10.1. The van der Waals surface area contributed by atoms with Crippen LogP contribution in [-0.2, 0) is 14.4 Å². The molecule has 1 aromatic rings. The van der Waals surface area contributed by atoms with Crippen LogP contribution in [0.4, 0.5) is 5.69 Å². The van der Waals surface area contributed by atoms with Crippen LogP contribution in [0.3, 0.4) is 0 Å². The SMILES string of the molecule is CC(CNC(=O)C1=NN(c2ccccc2)C(=O)CC1)C(=O)O. The Morgan fingerprint density at radius 1 is 1.32 bits per heavy atom. The third kappa shape index (κ3) is 3.69. The number of nitrogens with one attached hydrogen (secondary N) is 1. The molecule has 0 radical (unpaired) electrons. The molecule has 1 aromatic carbocycles. The number of hydrogen-bond acceptors (Lipinski definition) is 4. The molecule has 1 unspecified atom stereocenters. The van der Waals surface area contributed by atoms with Crippen LogP contribution in [0.25, 0.3) is 0 Å². The predicted molar refractivity (Wildman–Crippen MR) is 80.4 cm³/mol. The fourth-order valence-corrected chi connectivity index (χ4v) is 1.92. The van der Waals surface area contributed by atoms with Crippen LogP contribution in [0.5, 0.6) is 0 Å². The Bertz CT molecular complexity index is 612. The summed E-state index contributed by atoms with van der Waals surface area (Å²) >= 11 is 0. The van der Waals surface area contributed by atoms with Crippen molar-refractivity contribution in [3.8, 4) is 0 Å². The highest BCUT2D eigenvalue weighted by Gasteiger charge is 2.25. The van der Waals surface area contributed by atoms with Crippen LogP contribution in [0.2, 0.25) is 0 Å². The van der Waals surface area contributed by atoms with E-state index in [-0.39, 0.29) is 31.0 Å². The Labute approximate surface area is 127 Å². The molecule has 2 N–H and O–H groups in total. The average molecular weight is 303 g/mol. The van der Waals surface area contributed by atoms with E-state index >= 15 is 0 Å². The molecule has 0 aliphatic carbocycles. The largest absolute Gasteiger partial charge is 0.481 e. The van der Waals surface area contributed by atoms with Crippen LogP contribution in [0.1, 0.15) is 19.8 Å². The van der Waals surface area contributed by atoms with Crippen LogP contribution >= 0.6 is 0 Å². The normalized spacial score (nSPS) is 16.0. The molecule has 1 atom stereocenters. The van der Waals surface area contributed by atoms with Gasteiger partial charge in [0.25, 0.3) is 5.91 Å². The van der Waals surface area contributed by atoms with Crippen LogP contribution in [-0.4, -0.2) is 35.1 Å². The minimum Gasteiger partial charge on any atom is -0.481 e. The summed E-state index contributed by atoms with van der Waals surface area (Å²) in [5, 5.41) is 16.6. The predicted octanol–water partition coefficient (Wildman–Crippen LogP) is 1.01. The fourth-order valence-electron chi connectivity index (χ4n) is 1.92. The van der Waals surface area contributed by atoms with E-state index in [1.54, 1.807) is 24.3 Å². The smallest absolute Gasteiger partial charge is 0.308 e. The standard InChI is InChI=1S/C15H17N3O4/c1-10(15(21)22)9-16-14(20)12-7-8-13(19)18(17-12)11-5-3-2-4-6-11/h2-6,10H,7-9H2,1H3,(H,16,20)(H,21,22). The number of nitrogens with zero attached hydrogens (tertiary/aromatic N) is 2. The second-order valence-corrected chi connectivity index (χ2v) is 5.04. The van der Waals surface area contributed by atoms with Gasteiger partial charge in [-0.1, -0.05) is 25.1 Å². The van der Waals surface area contributed by atoms with Gasteiger partial charge in [-0.15, -0.1) is 0 Å². The number of carbonyl (C=O) groups is 3. The number of carboxylic acids is 1. The Kier molecular flexibility index (Phi) is 4.88. The third-order valence-electron chi connectivity index (χ3n) is 3.29. The number of aliphatic carboxylic acids is 1. The van der Waals surface area contributed by atoms with Gasteiger partial charge in [0.1, 0.15) is 5.71 Å². The Morgan fingerprint density at radius 3 is 2.64 bits per heavy atom. The molecule has 0 spiro atoms. The molecule has 7 nitrogen and oxygen atoms in total. The molecule has 2 rings (SSSR count). The molecule has 0 bridgehead atoms. The monoisotopic (exact) mass is 303 g/mol. The molecular weight excluding hydrogens is 286 g/mol. The summed E-state index contributed by atoms with van der Waals surface area (Å²) in [6.45, 7) is 1.53. The summed E-state index contributed by atoms with van der Waals surface area (Å²) in [6.07, 6.45) is 0.436. The van der Waals surface area contributed by atoms with Gasteiger partial charge < -0.3 is 10.4 Å². The molecule has 22 heavy (non-hydrogen) atoms. The second kappa shape index (κ2) is 6.84. The molecule has 7 heteroatoms.